The quantitative estimate of drug-likeness (QED) is 0.703. The minimum absolute atomic E-state index is 0.0288. The number of unbranched alkanes of at least 4 members (excludes halogenated alkanes) is 2. The summed E-state index contributed by atoms with van der Waals surface area (Å²) in [5, 5.41) is 8.30. The molecule has 0 radical (unpaired) electrons. The number of nitrogens with one attached hydrogen (secondary N) is 2. The van der Waals surface area contributed by atoms with Crippen molar-refractivity contribution in [2.45, 2.75) is 32.6 Å². The number of hydrogen-bond donors (Lipinski definition) is 2. The molecule has 1 heterocycles. The van der Waals surface area contributed by atoms with Crippen molar-refractivity contribution in [3.05, 3.63) is 46.7 Å². The Bertz CT molecular complexity index is 534. The van der Waals surface area contributed by atoms with E-state index >= 15 is 0 Å². The Morgan fingerprint density at radius 1 is 1.10 bits per heavy atom. The molecule has 21 heavy (non-hydrogen) atoms. The molecule has 0 saturated carbocycles. The van der Waals surface area contributed by atoms with E-state index in [9.17, 15) is 4.79 Å². The van der Waals surface area contributed by atoms with Gasteiger partial charge in [0.1, 0.15) is 0 Å². The highest BCUT2D eigenvalue weighted by Gasteiger charge is 2.04. The molecule has 0 aliphatic rings. The standard InChI is InChI=1S/C17H22N2OS/c1-2-3-4-11-18-14-7-9-15(10-8-14)19-17(20)13-16-6-5-12-21-16/h5-10,12,18H,2-4,11,13H2,1H3,(H,19,20). The molecular weight excluding hydrogens is 280 g/mol. The Labute approximate surface area is 130 Å². The Hall–Kier alpha value is -1.81. The predicted octanol–water partition coefficient (Wildman–Crippen LogP) is 4.53. The zero-order chi connectivity index (χ0) is 14.9. The van der Waals surface area contributed by atoms with Crippen molar-refractivity contribution in [1.29, 1.82) is 0 Å². The third-order valence-corrected chi connectivity index (χ3v) is 4.07. The Kier molecular flexibility index (Phi) is 6.28. The van der Waals surface area contributed by atoms with E-state index in [2.05, 4.69) is 17.6 Å². The molecule has 0 aliphatic heterocycles. The van der Waals surface area contributed by atoms with Crippen LogP contribution >= 0.6 is 11.3 Å². The van der Waals surface area contributed by atoms with Gasteiger partial charge in [0.25, 0.3) is 0 Å². The van der Waals surface area contributed by atoms with E-state index in [1.807, 2.05) is 41.8 Å². The summed E-state index contributed by atoms with van der Waals surface area (Å²) in [6.07, 6.45) is 4.12. The summed E-state index contributed by atoms with van der Waals surface area (Å²) in [6, 6.07) is 11.8. The summed E-state index contributed by atoms with van der Waals surface area (Å²) >= 11 is 1.61. The van der Waals surface area contributed by atoms with Crippen LogP contribution in [0.1, 0.15) is 31.1 Å². The van der Waals surface area contributed by atoms with Gasteiger partial charge in [-0.1, -0.05) is 25.8 Å². The van der Waals surface area contributed by atoms with Crippen molar-refractivity contribution in [2.24, 2.45) is 0 Å². The number of anilines is 2. The summed E-state index contributed by atoms with van der Waals surface area (Å²) in [7, 11) is 0. The number of hydrogen-bond acceptors (Lipinski definition) is 3. The second-order valence-corrected chi connectivity index (χ2v) is 6.05. The lowest BCUT2D eigenvalue weighted by Gasteiger charge is -2.08. The van der Waals surface area contributed by atoms with E-state index in [0.717, 1.165) is 22.8 Å². The van der Waals surface area contributed by atoms with Gasteiger partial charge in [-0.05, 0) is 42.1 Å². The molecule has 1 amide bonds. The average molecular weight is 302 g/mol. The molecule has 0 aliphatic carbocycles. The highest BCUT2D eigenvalue weighted by atomic mass is 32.1. The first kappa shape index (κ1) is 15.6. The molecule has 0 unspecified atom stereocenters. The van der Waals surface area contributed by atoms with Crippen molar-refractivity contribution in [1.82, 2.24) is 0 Å². The lowest BCUT2D eigenvalue weighted by molar-refractivity contribution is -0.115. The number of thiophene rings is 1. The number of carbonyl (C=O) groups excluding carboxylic acids is 1. The molecule has 0 bridgehead atoms. The Morgan fingerprint density at radius 2 is 1.86 bits per heavy atom. The molecule has 2 rings (SSSR count). The minimum atomic E-state index is 0.0288. The average Bonchev–Trinajstić information content (AvgIpc) is 2.98. The molecule has 1 aromatic carbocycles. The molecule has 0 spiro atoms. The Morgan fingerprint density at radius 3 is 2.52 bits per heavy atom. The fourth-order valence-corrected chi connectivity index (χ4v) is 2.76. The molecule has 0 saturated heterocycles. The Balaban J connectivity index is 1.77. The van der Waals surface area contributed by atoms with Gasteiger partial charge < -0.3 is 10.6 Å². The molecule has 2 aromatic rings. The maximum absolute atomic E-state index is 11.9. The zero-order valence-electron chi connectivity index (χ0n) is 12.4. The van der Waals surface area contributed by atoms with Crippen molar-refractivity contribution < 1.29 is 4.79 Å². The van der Waals surface area contributed by atoms with Crippen LogP contribution in [0.2, 0.25) is 0 Å². The van der Waals surface area contributed by atoms with Gasteiger partial charge >= 0.3 is 0 Å². The van der Waals surface area contributed by atoms with E-state index in [0.29, 0.717) is 6.42 Å². The van der Waals surface area contributed by atoms with E-state index in [-0.39, 0.29) is 5.91 Å². The van der Waals surface area contributed by atoms with E-state index < -0.39 is 0 Å². The van der Waals surface area contributed by atoms with Crippen LogP contribution in [0.25, 0.3) is 0 Å². The fourth-order valence-electron chi connectivity index (χ4n) is 2.06. The second kappa shape index (κ2) is 8.47. The molecule has 2 N–H and O–H groups in total. The van der Waals surface area contributed by atoms with Crippen LogP contribution in [0.4, 0.5) is 11.4 Å². The number of amides is 1. The third kappa shape index (κ3) is 5.60. The summed E-state index contributed by atoms with van der Waals surface area (Å²) < 4.78 is 0. The van der Waals surface area contributed by atoms with Gasteiger partial charge in [-0.2, -0.15) is 0 Å². The van der Waals surface area contributed by atoms with E-state index in [1.54, 1.807) is 11.3 Å². The second-order valence-electron chi connectivity index (χ2n) is 5.02. The topological polar surface area (TPSA) is 41.1 Å². The van der Waals surface area contributed by atoms with Gasteiger partial charge in [0, 0.05) is 22.8 Å². The zero-order valence-corrected chi connectivity index (χ0v) is 13.2. The fraction of sp³-hybridized carbons (Fsp3) is 0.353. The first-order valence-electron chi connectivity index (χ1n) is 7.44. The number of benzene rings is 1. The van der Waals surface area contributed by atoms with Crippen LogP contribution in [-0.4, -0.2) is 12.5 Å². The molecule has 3 nitrogen and oxygen atoms in total. The number of carbonyl (C=O) groups is 1. The minimum Gasteiger partial charge on any atom is -0.385 e. The maximum atomic E-state index is 11.9. The highest BCUT2D eigenvalue weighted by molar-refractivity contribution is 7.10. The molecule has 1 aromatic heterocycles. The molecule has 0 atom stereocenters. The predicted molar refractivity (Wildman–Crippen MR) is 91.1 cm³/mol. The maximum Gasteiger partial charge on any atom is 0.229 e. The first-order chi connectivity index (χ1) is 10.3. The van der Waals surface area contributed by atoms with Gasteiger partial charge in [0.15, 0.2) is 0 Å². The van der Waals surface area contributed by atoms with Gasteiger partial charge in [-0.25, -0.2) is 0 Å². The van der Waals surface area contributed by atoms with E-state index in [1.165, 1.54) is 19.3 Å². The van der Waals surface area contributed by atoms with E-state index in [4.69, 9.17) is 0 Å². The third-order valence-electron chi connectivity index (χ3n) is 3.19. The van der Waals surface area contributed by atoms with Crippen molar-refractivity contribution in [2.75, 3.05) is 17.2 Å². The van der Waals surface area contributed by atoms with Crippen LogP contribution in [0.3, 0.4) is 0 Å². The summed E-state index contributed by atoms with van der Waals surface area (Å²) in [5.41, 5.74) is 1.94. The lowest BCUT2D eigenvalue weighted by Crippen LogP contribution is -2.13. The van der Waals surface area contributed by atoms with Gasteiger partial charge in [-0.15, -0.1) is 11.3 Å². The lowest BCUT2D eigenvalue weighted by atomic mass is 10.2. The molecular formula is C17H22N2OS. The van der Waals surface area contributed by atoms with Crippen LogP contribution < -0.4 is 10.6 Å². The van der Waals surface area contributed by atoms with Crippen molar-refractivity contribution in [3.63, 3.8) is 0 Å². The van der Waals surface area contributed by atoms with Crippen molar-refractivity contribution >= 4 is 28.6 Å². The van der Waals surface area contributed by atoms with Crippen LogP contribution in [0.5, 0.6) is 0 Å². The molecule has 0 fully saturated rings. The van der Waals surface area contributed by atoms with Crippen LogP contribution in [0, 0.1) is 0 Å². The number of rotatable bonds is 8. The normalized spacial score (nSPS) is 10.3. The van der Waals surface area contributed by atoms with Gasteiger partial charge in [0.05, 0.1) is 6.42 Å². The highest BCUT2D eigenvalue weighted by Crippen LogP contribution is 2.15. The molecule has 112 valence electrons. The summed E-state index contributed by atoms with van der Waals surface area (Å²) in [5.74, 6) is 0.0288. The SMILES string of the molecule is CCCCCNc1ccc(NC(=O)Cc2cccs2)cc1. The molecule has 4 heteroatoms. The smallest absolute Gasteiger partial charge is 0.229 e. The summed E-state index contributed by atoms with van der Waals surface area (Å²) in [4.78, 5) is 13.0. The monoisotopic (exact) mass is 302 g/mol. The largest absolute Gasteiger partial charge is 0.385 e. The van der Waals surface area contributed by atoms with Crippen LogP contribution in [0.15, 0.2) is 41.8 Å². The van der Waals surface area contributed by atoms with Crippen molar-refractivity contribution in [3.8, 4) is 0 Å². The van der Waals surface area contributed by atoms with Crippen LogP contribution in [-0.2, 0) is 11.2 Å². The summed E-state index contributed by atoms with van der Waals surface area (Å²) in [6.45, 7) is 3.20. The first-order valence-corrected chi connectivity index (χ1v) is 8.32. The van der Waals surface area contributed by atoms with Gasteiger partial charge in [0.2, 0.25) is 5.91 Å². The van der Waals surface area contributed by atoms with Gasteiger partial charge in [-0.3, -0.25) is 4.79 Å².